The van der Waals surface area contributed by atoms with Gasteiger partial charge < -0.3 is 20.3 Å². The van der Waals surface area contributed by atoms with Gasteiger partial charge in [0.1, 0.15) is 18.0 Å². The number of carbonyl (C=O) groups excluding carboxylic acids is 1. The van der Waals surface area contributed by atoms with E-state index >= 15 is 0 Å². The Labute approximate surface area is 183 Å². The van der Waals surface area contributed by atoms with Gasteiger partial charge in [0.25, 0.3) is 5.91 Å². The second-order valence-corrected chi connectivity index (χ2v) is 9.29. The first-order valence-corrected chi connectivity index (χ1v) is 11.5. The van der Waals surface area contributed by atoms with Crippen LogP contribution in [0.25, 0.3) is 0 Å². The van der Waals surface area contributed by atoms with E-state index in [9.17, 15) is 27.8 Å². The normalized spacial score (nSPS) is 18.4. The molecule has 11 nitrogen and oxygen atoms in total. The quantitative estimate of drug-likeness (QED) is 0.499. The summed E-state index contributed by atoms with van der Waals surface area (Å²) >= 11 is 0. The fourth-order valence-electron chi connectivity index (χ4n) is 3.78. The van der Waals surface area contributed by atoms with Crippen molar-refractivity contribution in [1.29, 1.82) is 0 Å². The van der Waals surface area contributed by atoms with Crippen LogP contribution in [0.2, 0.25) is 0 Å². The van der Waals surface area contributed by atoms with Crippen molar-refractivity contribution in [3.63, 3.8) is 0 Å². The Kier molecular flexibility index (Phi) is 5.91. The molecule has 2 heterocycles. The van der Waals surface area contributed by atoms with Crippen molar-refractivity contribution in [1.82, 2.24) is 14.7 Å². The first-order chi connectivity index (χ1) is 15.2. The van der Waals surface area contributed by atoms with E-state index < -0.39 is 39.9 Å². The number of benzene rings is 1. The lowest BCUT2D eigenvalue weighted by molar-refractivity contribution is -0.117. The van der Waals surface area contributed by atoms with Crippen LogP contribution in [0.4, 0.5) is 21.7 Å². The number of aromatic hydroxyl groups is 2. The molecule has 1 aromatic carbocycles. The van der Waals surface area contributed by atoms with E-state index in [-0.39, 0.29) is 23.4 Å². The van der Waals surface area contributed by atoms with Gasteiger partial charge in [-0.05, 0) is 24.8 Å². The molecule has 32 heavy (non-hydrogen) atoms. The van der Waals surface area contributed by atoms with Gasteiger partial charge in [0.2, 0.25) is 17.7 Å². The van der Waals surface area contributed by atoms with Crippen LogP contribution in [-0.4, -0.2) is 47.7 Å². The lowest BCUT2D eigenvalue weighted by Crippen LogP contribution is -2.30. The number of phenolic OH excluding ortho intramolecular Hbond substituents is 1. The van der Waals surface area contributed by atoms with Crippen molar-refractivity contribution in [3.05, 3.63) is 24.0 Å². The zero-order valence-electron chi connectivity index (χ0n) is 16.9. The summed E-state index contributed by atoms with van der Waals surface area (Å²) in [6.45, 7) is -0.200. The predicted molar refractivity (Wildman–Crippen MR) is 112 cm³/mol. The summed E-state index contributed by atoms with van der Waals surface area (Å²) in [5, 5.41) is 22.7. The zero-order chi connectivity index (χ0) is 22.9. The first-order valence-electron chi connectivity index (χ1n) is 10.0. The van der Waals surface area contributed by atoms with Crippen LogP contribution < -0.4 is 19.1 Å². The number of hydrogen-bond donors (Lipinski definition) is 4. The number of anilines is 3. The number of nitrogens with zero attached hydrogens (tertiary/aromatic N) is 3. The number of nitrogens with one attached hydrogen (secondary N) is 2. The number of halogens is 1. The third-order valence-corrected chi connectivity index (χ3v) is 6.63. The van der Waals surface area contributed by atoms with Gasteiger partial charge in [0.15, 0.2) is 5.82 Å². The number of rotatable bonds is 6. The lowest BCUT2D eigenvalue weighted by Gasteiger charge is -2.21. The van der Waals surface area contributed by atoms with Crippen molar-refractivity contribution in [2.45, 2.75) is 32.1 Å². The zero-order valence-corrected chi connectivity index (χ0v) is 17.7. The molecule has 0 spiro atoms. The molecule has 0 unspecified atom stereocenters. The molecule has 4 rings (SSSR count). The average Bonchev–Trinajstić information content (AvgIpc) is 2.98. The summed E-state index contributed by atoms with van der Waals surface area (Å²) in [4.78, 5) is 19.3. The second-order valence-electron chi connectivity index (χ2n) is 7.69. The number of ether oxygens (including phenoxy) is 1. The summed E-state index contributed by atoms with van der Waals surface area (Å²) in [5.74, 6) is -2.59. The minimum absolute atomic E-state index is 0.0107. The summed E-state index contributed by atoms with van der Waals surface area (Å²) < 4.78 is 46.4. The number of amides is 1. The van der Waals surface area contributed by atoms with Crippen molar-refractivity contribution in [2.75, 3.05) is 22.8 Å². The van der Waals surface area contributed by atoms with E-state index in [1.807, 2.05) is 0 Å². The molecule has 1 saturated carbocycles. The largest absolute Gasteiger partial charge is 0.506 e. The number of hydrogen-bond acceptors (Lipinski definition) is 9. The third-order valence-electron chi connectivity index (χ3n) is 5.25. The van der Waals surface area contributed by atoms with Gasteiger partial charge in [0.05, 0.1) is 12.7 Å². The first kappa shape index (κ1) is 21.9. The van der Waals surface area contributed by atoms with Crippen LogP contribution in [0.3, 0.4) is 0 Å². The molecular formula is C19H22FN5O6S. The van der Waals surface area contributed by atoms with Crippen LogP contribution in [0.1, 0.15) is 32.1 Å². The molecule has 0 bridgehead atoms. The number of aromatic nitrogens is 2. The number of carbonyl (C=O) groups is 1. The average molecular weight is 467 g/mol. The predicted octanol–water partition coefficient (Wildman–Crippen LogP) is 1.91. The van der Waals surface area contributed by atoms with Crippen LogP contribution in [0.5, 0.6) is 17.5 Å². The van der Waals surface area contributed by atoms with Crippen molar-refractivity contribution in [2.24, 2.45) is 5.92 Å². The van der Waals surface area contributed by atoms with Crippen LogP contribution in [0.15, 0.2) is 18.2 Å². The highest BCUT2D eigenvalue weighted by molar-refractivity contribution is 7.92. The van der Waals surface area contributed by atoms with Crippen LogP contribution in [-0.2, 0) is 15.0 Å². The summed E-state index contributed by atoms with van der Waals surface area (Å²) in [6, 6.07) is 3.22. The van der Waals surface area contributed by atoms with E-state index in [1.54, 1.807) is 4.72 Å². The Hall–Kier alpha value is -3.35. The Morgan fingerprint density at radius 1 is 1.19 bits per heavy atom. The highest BCUT2D eigenvalue weighted by atomic mass is 32.2. The monoisotopic (exact) mass is 467 g/mol. The fourth-order valence-corrected chi connectivity index (χ4v) is 4.95. The molecule has 1 aliphatic carbocycles. The standard InChI is InChI=1S/C19H22FN5O6S/c20-13-6-12(7-14(26)18(13)25-9-16(28)24-32(25,29)30)21-19-22-15(27)8-17(23-19)31-10-11-4-2-1-3-5-11/h6-8,11,26H,1-5,9-10H2,(H,24,28)(H2,21,22,23,27). The maximum absolute atomic E-state index is 14.7. The fraction of sp³-hybridized carbons (Fsp3) is 0.421. The topological polar surface area (TPSA) is 154 Å². The van der Waals surface area contributed by atoms with E-state index in [1.165, 1.54) is 12.5 Å². The van der Waals surface area contributed by atoms with Gasteiger partial charge in [-0.15, -0.1) is 0 Å². The maximum Gasteiger partial charge on any atom is 0.326 e. The molecule has 2 aromatic rings. The van der Waals surface area contributed by atoms with Gasteiger partial charge in [-0.3, -0.25) is 4.79 Å². The Balaban J connectivity index is 1.51. The van der Waals surface area contributed by atoms with Gasteiger partial charge in [0, 0.05) is 11.8 Å². The van der Waals surface area contributed by atoms with E-state index in [4.69, 9.17) is 4.74 Å². The van der Waals surface area contributed by atoms with Crippen molar-refractivity contribution < 1.29 is 32.6 Å². The summed E-state index contributed by atoms with van der Waals surface area (Å²) in [5.41, 5.74) is -0.675. The van der Waals surface area contributed by atoms with E-state index in [0.29, 0.717) is 16.8 Å². The van der Waals surface area contributed by atoms with E-state index in [2.05, 4.69) is 15.3 Å². The van der Waals surface area contributed by atoms with Gasteiger partial charge >= 0.3 is 10.2 Å². The van der Waals surface area contributed by atoms with Gasteiger partial charge in [-0.2, -0.15) is 18.4 Å². The molecule has 1 saturated heterocycles. The molecule has 172 valence electrons. The summed E-state index contributed by atoms with van der Waals surface area (Å²) in [6.07, 6.45) is 5.67. The van der Waals surface area contributed by atoms with Crippen LogP contribution >= 0.6 is 0 Å². The Bertz CT molecular complexity index is 1120. The molecule has 4 N–H and O–H groups in total. The lowest BCUT2D eigenvalue weighted by atomic mass is 9.90. The third kappa shape index (κ3) is 4.77. The summed E-state index contributed by atoms with van der Waals surface area (Å²) in [7, 11) is -4.29. The van der Waals surface area contributed by atoms with Gasteiger partial charge in [-0.25, -0.2) is 13.4 Å². The number of phenols is 1. The van der Waals surface area contributed by atoms with Crippen LogP contribution in [0, 0.1) is 11.7 Å². The second kappa shape index (κ2) is 8.65. The Morgan fingerprint density at radius 3 is 2.59 bits per heavy atom. The molecular weight excluding hydrogens is 445 g/mol. The highest BCUT2D eigenvalue weighted by Crippen LogP contribution is 2.36. The maximum atomic E-state index is 14.7. The minimum Gasteiger partial charge on any atom is -0.506 e. The molecule has 0 radical (unpaired) electrons. The Morgan fingerprint density at radius 2 is 1.94 bits per heavy atom. The molecule has 0 atom stereocenters. The SMILES string of the molecule is O=C1CN(c2c(O)cc(Nc3nc(O)cc(OCC4CCCCC4)n3)cc2F)S(=O)(=O)N1. The van der Waals surface area contributed by atoms with E-state index in [0.717, 1.165) is 37.8 Å². The van der Waals surface area contributed by atoms with Crippen molar-refractivity contribution >= 4 is 33.4 Å². The molecule has 1 amide bonds. The molecule has 1 aliphatic heterocycles. The minimum atomic E-state index is -4.29. The highest BCUT2D eigenvalue weighted by Gasteiger charge is 2.37. The molecule has 2 fully saturated rings. The smallest absolute Gasteiger partial charge is 0.326 e. The molecule has 1 aromatic heterocycles. The molecule has 2 aliphatic rings. The molecule has 13 heteroatoms. The van der Waals surface area contributed by atoms with Gasteiger partial charge in [-0.1, -0.05) is 19.3 Å². The van der Waals surface area contributed by atoms with Crippen molar-refractivity contribution in [3.8, 4) is 17.5 Å².